The quantitative estimate of drug-likeness (QED) is 0.759. The molecule has 1 heterocycles. The third kappa shape index (κ3) is 4.10. The molecule has 0 aromatic rings. The number of rotatable bonds is 5. The Hall–Kier alpha value is -0.610. The Morgan fingerprint density at radius 3 is 2.62 bits per heavy atom. The minimum atomic E-state index is 0.258. The number of methoxy groups -OCH3 is 1. The van der Waals surface area contributed by atoms with E-state index < -0.39 is 0 Å². The van der Waals surface area contributed by atoms with Crippen molar-refractivity contribution in [1.29, 1.82) is 0 Å². The summed E-state index contributed by atoms with van der Waals surface area (Å²) in [6, 6.07) is 0. The summed E-state index contributed by atoms with van der Waals surface area (Å²) in [6.45, 7) is 5.19. The normalized spacial score (nSPS) is 19.8. The van der Waals surface area contributed by atoms with Crippen LogP contribution in [0.25, 0.3) is 0 Å². The first-order valence-electron chi connectivity index (χ1n) is 6.14. The van der Waals surface area contributed by atoms with E-state index in [1.54, 1.807) is 7.11 Å². The summed E-state index contributed by atoms with van der Waals surface area (Å²) >= 11 is 0. The van der Waals surface area contributed by atoms with Crippen molar-refractivity contribution in [2.24, 2.45) is 17.6 Å². The first-order chi connectivity index (χ1) is 7.67. The van der Waals surface area contributed by atoms with E-state index in [1.165, 1.54) is 0 Å². The van der Waals surface area contributed by atoms with Crippen LogP contribution in [-0.4, -0.2) is 44.2 Å². The molecule has 1 saturated heterocycles. The number of hydrogen-bond acceptors (Lipinski definition) is 3. The summed E-state index contributed by atoms with van der Waals surface area (Å²) in [4.78, 5) is 13.8. The number of likely N-dealkylation sites (tertiary alicyclic amines) is 1. The highest BCUT2D eigenvalue weighted by Crippen LogP contribution is 2.18. The fourth-order valence-corrected chi connectivity index (χ4v) is 2.10. The van der Waals surface area contributed by atoms with Crippen LogP contribution in [0.2, 0.25) is 0 Å². The van der Waals surface area contributed by atoms with E-state index in [4.69, 9.17) is 10.5 Å². The molecule has 4 nitrogen and oxygen atoms in total. The second-order valence-corrected chi connectivity index (χ2v) is 4.82. The lowest BCUT2D eigenvalue weighted by Crippen LogP contribution is -2.40. The molecule has 16 heavy (non-hydrogen) atoms. The van der Waals surface area contributed by atoms with E-state index in [1.807, 2.05) is 11.8 Å². The molecule has 1 fully saturated rings. The SMILES string of the molecule is COCC1CCN(C(=O)CC(C)CN)CC1. The Morgan fingerprint density at radius 1 is 1.50 bits per heavy atom. The van der Waals surface area contributed by atoms with Gasteiger partial charge >= 0.3 is 0 Å². The first kappa shape index (κ1) is 13.5. The van der Waals surface area contributed by atoms with Crippen LogP contribution in [0.4, 0.5) is 0 Å². The maximum atomic E-state index is 11.9. The third-order valence-electron chi connectivity index (χ3n) is 3.30. The summed E-state index contributed by atoms with van der Waals surface area (Å²) in [7, 11) is 1.74. The van der Waals surface area contributed by atoms with Crippen molar-refractivity contribution >= 4 is 5.91 Å². The molecule has 1 atom stereocenters. The number of nitrogens with two attached hydrogens (primary N) is 1. The number of amides is 1. The molecule has 2 N–H and O–H groups in total. The molecule has 0 aliphatic carbocycles. The maximum Gasteiger partial charge on any atom is 0.222 e. The summed E-state index contributed by atoms with van der Waals surface area (Å²) in [5.41, 5.74) is 5.52. The van der Waals surface area contributed by atoms with Crippen LogP contribution in [0.1, 0.15) is 26.2 Å². The van der Waals surface area contributed by atoms with Crippen LogP contribution in [0.3, 0.4) is 0 Å². The Labute approximate surface area is 98.1 Å². The van der Waals surface area contributed by atoms with Gasteiger partial charge in [0.1, 0.15) is 0 Å². The predicted octanol–water partition coefficient (Wildman–Crippen LogP) is 0.856. The van der Waals surface area contributed by atoms with Crippen LogP contribution in [0, 0.1) is 11.8 Å². The zero-order valence-electron chi connectivity index (χ0n) is 10.4. The van der Waals surface area contributed by atoms with Crippen molar-refractivity contribution in [2.75, 3.05) is 33.4 Å². The lowest BCUT2D eigenvalue weighted by Gasteiger charge is -2.32. The maximum absolute atomic E-state index is 11.9. The molecule has 0 aromatic heterocycles. The average Bonchev–Trinajstić information content (AvgIpc) is 2.30. The van der Waals surface area contributed by atoms with Crippen LogP contribution >= 0.6 is 0 Å². The Morgan fingerprint density at radius 2 is 2.12 bits per heavy atom. The highest BCUT2D eigenvalue weighted by Gasteiger charge is 2.23. The van der Waals surface area contributed by atoms with Crippen molar-refractivity contribution in [1.82, 2.24) is 4.90 Å². The highest BCUT2D eigenvalue weighted by molar-refractivity contribution is 5.76. The van der Waals surface area contributed by atoms with E-state index >= 15 is 0 Å². The van der Waals surface area contributed by atoms with Gasteiger partial charge in [0.2, 0.25) is 5.91 Å². The number of hydrogen-bond donors (Lipinski definition) is 1. The topological polar surface area (TPSA) is 55.6 Å². The Bertz CT molecular complexity index is 213. The summed E-state index contributed by atoms with van der Waals surface area (Å²) in [6.07, 6.45) is 2.72. The fraction of sp³-hybridized carbons (Fsp3) is 0.917. The van der Waals surface area contributed by atoms with Crippen LogP contribution in [-0.2, 0) is 9.53 Å². The summed E-state index contributed by atoms with van der Waals surface area (Å²) < 4.78 is 5.14. The lowest BCUT2D eigenvalue weighted by molar-refractivity contribution is -0.133. The number of nitrogens with zero attached hydrogens (tertiary/aromatic N) is 1. The second-order valence-electron chi connectivity index (χ2n) is 4.82. The van der Waals surface area contributed by atoms with E-state index in [9.17, 15) is 4.79 Å². The van der Waals surface area contributed by atoms with Gasteiger partial charge in [-0.05, 0) is 31.2 Å². The highest BCUT2D eigenvalue weighted by atomic mass is 16.5. The van der Waals surface area contributed by atoms with Gasteiger partial charge in [-0.3, -0.25) is 4.79 Å². The molecule has 0 saturated carbocycles. The molecule has 4 heteroatoms. The molecule has 1 amide bonds. The van der Waals surface area contributed by atoms with Crippen molar-refractivity contribution in [3.63, 3.8) is 0 Å². The van der Waals surface area contributed by atoms with Crippen LogP contribution in [0.5, 0.6) is 0 Å². The van der Waals surface area contributed by atoms with Gasteiger partial charge in [0.15, 0.2) is 0 Å². The van der Waals surface area contributed by atoms with Gasteiger partial charge in [-0.15, -0.1) is 0 Å². The van der Waals surface area contributed by atoms with Gasteiger partial charge in [-0.1, -0.05) is 6.92 Å². The zero-order chi connectivity index (χ0) is 12.0. The monoisotopic (exact) mass is 228 g/mol. The van der Waals surface area contributed by atoms with Crippen molar-refractivity contribution in [3.8, 4) is 0 Å². The third-order valence-corrected chi connectivity index (χ3v) is 3.30. The average molecular weight is 228 g/mol. The van der Waals surface area contributed by atoms with Gasteiger partial charge in [0, 0.05) is 33.2 Å². The zero-order valence-corrected chi connectivity index (χ0v) is 10.4. The van der Waals surface area contributed by atoms with Crippen LogP contribution < -0.4 is 5.73 Å². The van der Waals surface area contributed by atoms with Crippen molar-refractivity contribution < 1.29 is 9.53 Å². The predicted molar refractivity (Wildman–Crippen MR) is 64.0 cm³/mol. The Kier molecular flexibility index (Phi) is 5.77. The number of carbonyl (C=O) groups excluding carboxylic acids is 1. The smallest absolute Gasteiger partial charge is 0.222 e. The Balaban J connectivity index is 2.27. The van der Waals surface area contributed by atoms with Gasteiger partial charge < -0.3 is 15.4 Å². The van der Waals surface area contributed by atoms with Crippen LogP contribution in [0.15, 0.2) is 0 Å². The molecule has 1 unspecified atom stereocenters. The fourth-order valence-electron chi connectivity index (χ4n) is 2.10. The van der Waals surface area contributed by atoms with Crippen molar-refractivity contribution in [3.05, 3.63) is 0 Å². The van der Waals surface area contributed by atoms with E-state index in [0.717, 1.165) is 32.5 Å². The standard InChI is InChI=1S/C12H24N2O2/c1-10(8-13)7-12(15)14-5-3-11(4-6-14)9-16-2/h10-11H,3-9,13H2,1-2H3. The molecule has 0 spiro atoms. The summed E-state index contributed by atoms with van der Waals surface area (Å²) in [5, 5.41) is 0. The van der Waals surface area contributed by atoms with E-state index in [0.29, 0.717) is 24.8 Å². The minimum absolute atomic E-state index is 0.258. The van der Waals surface area contributed by atoms with E-state index in [2.05, 4.69) is 0 Å². The van der Waals surface area contributed by atoms with Crippen molar-refractivity contribution in [2.45, 2.75) is 26.2 Å². The second kappa shape index (κ2) is 6.86. The summed E-state index contributed by atoms with van der Waals surface area (Å²) in [5.74, 6) is 1.18. The number of ether oxygens (including phenoxy) is 1. The van der Waals surface area contributed by atoms with E-state index in [-0.39, 0.29) is 5.91 Å². The molecule has 1 aliphatic rings. The molecule has 94 valence electrons. The lowest BCUT2D eigenvalue weighted by atomic mass is 9.97. The van der Waals surface area contributed by atoms with Gasteiger partial charge in [0.25, 0.3) is 0 Å². The molecule has 0 aromatic carbocycles. The molecular weight excluding hydrogens is 204 g/mol. The first-order valence-corrected chi connectivity index (χ1v) is 6.14. The van der Waals surface area contributed by atoms with Gasteiger partial charge in [-0.2, -0.15) is 0 Å². The molecule has 1 rings (SSSR count). The molecule has 0 radical (unpaired) electrons. The number of piperidine rings is 1. The number of carbonyl (C=O) groups is 1. The van der Waals surface area contributed by atoms with Gasteiger partial charge in [-0.25, -0.2) is 0 Å². The van der Waals surface area contributed by atoms with Gasteiger partial charge in [0.05, 0.1) is 0 Å². The minimum Gasteiger partial charge on any atom is -0.384 e. The largest absolute Gasteiger partial charge is 0.384 e. The molecule has 1 aliphatic heterocycles. The molecule has 0 bridgehead atoms. The molecular formula is C12H24N2O2.